The molecule has 0 radical (unpaired) electrons. The van der Waals surface area contributed by atoms with Gasteiger partial charge in [-0.15, -0.1) is 0 Å². The fourth-order valence-electron chi connectivity index (χ4n) is 2.99. The first-order valence-electron chi connectivity index (χ1n) is 7.98. The fourth-order valence-corrected chi connectivity index (χ4v) is 2.99. The Balaban J connectivity index is 1.69. The standard InChI is InChI=1S/C17H24N4O/c1-21-16(7-10-20-21)15-12-13(18)5-6-17(15)22-11-8-14-4-2-3-9-19-14/h5-7,10,12,14,19H,2-4,8-9,11,18H2,1H3. The maximum atomic E-state index is 6.04. The van der Waals surface area contributed by atoms with Crippen LogP contribution in [-0.4, -0.2) is 29.0 Å². The normalized spacial score (nSPS) is 18.3. The van der Waals surface area contributed by atoms with E-state index < -0.39 is 0 Å². The summed E-state index contributed by atoms with van der Waals surface area (Å²) in [5.41, 5.74) is 8.68. The van der Waals surface area contributed by atoms with E-state index in [9.17, 15) is 0 Å². The number of hydrogen-bond donors (Lipinski definition) is 2. The molecule has 2 heterocycles. The molecular weight excluding hydrogens is 276 g/mol. The lowest BCUT2D eigenvalue weighted by Crippen LogP contribution is -2.35. The highest BCUT2D eigenvalue weighted by Crippen LogP contribution is 2.31. The van der Waals surface area contributed by atoms with Crippen molar-refractivity contribution in [2.24, 2.45) is 7.05 Å². The number of benzene rings is 1. The summed E-state index contributed by atoms with van der Waals surface area (Å²) in [4.78, 5) is 0. The fraction of sp³-hybridized carbons (Fsp3) is 0.471. The molecular formula is C17H24N4O. The van der Waals surface area contributed by atoms with Gasteiger partial charge < -0.3 is 15.8 Å². The molecule has 0 aliphatic carbocycles. The van der Waals surface area contributed by atoms with Gasteiger partial charge in [0.05, 0.1) is 12.3 Å². The van der Waals surface area contributed by atoms with Gasteiger partial charge in [-0.2, -0.15) is 5.10 Å². The van der Waals surface area contributed by atoms with E-state index in [1.807, 2.05) is 36.0 Å². The van der Waals surface area contributed by atoms with Crippen LogP contribution in [0.1, 0.15) is 25.7 Å². The second-order valence-corrected chi connectivity index (χ2v) is 5.88. The summed E-state index contributed by atoms with van der Waals surface area (Å²) in [5, 5.41) is 7.78. The predicted molar refractivity (Wildman–Crippen MR) is 88.8 cm³/mol. The van der Waals surface area contributed by atoms with Gasteiger partial charge in [-0.1, -0.05) is 6.42 Å². The zero-order chi connectivity index (χ0) is 15.4. The quantitative estimate of drug-likeness (QED) is 0.833. The van der Waals surface area contributed by atoms with Crippen molar-refractivity contribution in [3.05, 3.63) is 30.5 Å². The topological polar surface area (TPSA) is 65.1 Å². The van der Waals surface area contributed by atoms with Crippen molar-refractivity contribution in [3.8, 4) is 17.0 Å². The third-order valence-corrected chi connectivity index (χ3v) is 4.24. The van der Waals surface area contributed by atoms with Crippen LogP contribution in [0.15, 0.2) is 30.5 Å². The molecule has 5 nitrogen and oxygen atoms in total. The number of aryl methyl sites for hydroxylation is 1. The molecule has 1 unspecified atom stereocenters. The lowest BCUT2D eigenvalue weighted by molar-refractivity contribution is 0.269. The Morgan fingerprint density at radius 1 is 1.36 bits per heavy atom. The number of nitrogens with zero attached hydrogens (tertiary/aromatic N) is 2. The molecule has 2 aromatic rings. The monoisotopic (exact) mass is 300 g/mol. The average Bonchev–Trinajstić information content (AvgIpc) is 2.96. The zero-order valence-corrected chi connectivity index (χ0v) is 13.1. The maximum Gasteiger partial charge on any atom is 0.128 e. The second kappa shape index (κ2) is 6.83. The van der Waals surface area contributed by atoms with E-state index >= 15 is 0 Å². The number of anilines is 1. The van der Waals surface area contributed by atoms with Crippen LogP contribution in [0.3, 0.4) is 0 Å². The highest BCUT2D eigenvalue weighted by atomic mass is 16.5. The number of nitrogen functional groups attached to an aromatic ring is 1. The van der Waals surface area contributed by atoms with Gasteiger partial charge in [0.25, 0.3) is 0 Å². The van der Waals surface area contributed by atoms with Gasteiger partial charge in [0.1, 0.15) is 5.75 Å². The van der Waals surface area contributed by atoms with Gasteiger partial charge in [0.2, 0.25) is 0 Å². The number of hydrogen-bond acceptors (Lipinski definition) is 4. The lowest BCUT2D eigenvalue weighted by Gasteiger charge is -2.23. The van der Waals surface area contributed by atoms with E-state index in [1.165, 1.54) is 19.3 Å². The number of piperidine rings is 1. The van der Waals surface area contributed by atoms with Crippen molar-refractivity contribution in [3.63, 3.8) is 0 Å². The first-order chi connectivity index (χ1) is 10.7. The van der Waals surface area contributed by atoms with E-state index in [0.717, 1.165) is 35.7 Å². The molecule has 1 aromatic heterocycles. The SMILES string of the molecule is Cn1nccc1-c1cc(N)ccc1OCCC1CCCCN1. The molecule has 22 heavy (non-hydrogen) atoms. The zero-order valence-electron chi connectivity index (χ0n) is 13.1. The summed E-state index contributed by atoms with van der Waals surface area (Å²) in [6, 6.07) is 8.35. The molecule has 1 saturated heterocycles. The summed E-state index contributed by atoms with van der Waals surface area (Å²) in [5.74, 6) is 0.869. The molecule has 118 valence electrons. The Hall–Kier alpha value is -2.01. The Morgan fingerprint density at radius 2 is 2.27 bits per heavy atom. The number of aromatic nitrogens is 2. The Labute approximate surface area is 131 Å². The van der Waals surface area contributed by atoms with Gasteiger partial charge in [-0.05, 0) is 50.1 Å². The van der Waals surface area contributed by atoms with Crippen molar-refractivity contribution in [2.75, 3.05) is 18.9 Å². The first-order valence-corrected chi connectivity index (χ1v) is 7.98. The summed E-state index contributed by atoms with van der Waals surface area (Å²) >= 11 is 0. The van der Waals surface area contributed by atoms with E-state index in [0.29, 0.717) is 12.6 Å². The number of rotatable bonds is 5. The van der Waals surface area contributed by atoms with Gasteiger partial charge >= 0.3 is 0 Å². The van der Waals surface area contributed by atoms with E-state index in [2.05, 4.69) is 10.4 Å². The number of nitrogens with one attached hydrogen (secondary N) is 1. The molecule has 0 saturated carbocycles. The second-order valence-electron chi connectivity index (χ2n) is 5.88. The molecule has 0 spiro atoms. The molecule has 0 amide bonds. The molecule has 3 N–H and O–H groups in total. The average molecular weight is 300 g/mol. The van der Waals surface area contributed by atoms with Crippen molar-refractivity contribution in [2.45, 2.75) is 31.7 Å². The Bertz CT molecular complexity index is 617. The minimum atomic E-state index is 0.586. The molecule has 5 heteroatoms. The highest BCUT2D eigenvalue weighted by Gasteiger charge is 2.14. The largest absolute Gasteiger partial charge is 0.493 e. The molecule has 1 aromatic carbocycles. The van der Waals surface area contributed by atoms with Crippen LogP contribution in [0.4, 0.5) is 5.69 Å². The van der Waals surface area contributed by atoms with Gasteiger partial charge in [-0.3, -0.25) is 4.68 Å². The molecule has 1 fully saturated rings. The van der Waals surface area contributed by atoms with Crippen LogP contribution in [-0.2, 0) is 7.05 Å². The molecule has 1 aliphatic heterocycles. The summed E-state index contributed by atoms with van der Waals surface area (Å²) < 4.78 is 7.87. The molecule has 1 aliphatic rings. The Kier molecular flexibility index (Phi) is 4.63. The Morgan fingerprint density at radius 3 is 3.00 bits per heavy atom. The maximum absolute atomic E-state index is 6.04. The molecule has 3 rings (SSSR count). The van der Waals surface area contributed by atoms with Crippen LogP contribution >= 0.6 is 0 Å². The van der Waals surface area contributed by atoms with Crippen molar-refractivity contribution in [1.29, 1.82) is 0 Å². The van der Waals surface area contributed by atoms with E-state index in [4.69, 9.17) is 10.5 Å². The van der Waals surface area contributed by atoms with Gasteiger partial charge in [-0.25, -0.2) is 0 Å². The molecule has 0 bridgehead atoms. The summed E-state index contributed by atoms with van der Waals surface area (Å²) in [6.07, 6.45) is 6.68. The number of ether oxygens (including phenoxy) is 1. The van der Waals surface area contributed by atoms with E-state index in [1.54, 1.807) is 6.20 Å². The van der Waals surface area contributed by atoms with Crippen molar-refractivity contribution < 1.29 is 4.74 Å². The third kappa shape index (κ3) is 3.42. The molecule has 1 atom stereocenters. The van der Waals surface area contributed by atoms with Crippen LogP contribution in [0.25, 0.3) is 11.3 Å². The smallest absolute Gasteiger partial charge is 0.128 e. The van der Waals surface area contributed by atoms with Crippen LogP contribution in [0, 0.1) is 0 Å². The van der Waals surface area contributed by atoms with Crippen molar-refractivity contribution in [1.82, 2.24) is 15.1 Å². The minimum Gasteiger partial charge on any atom is -0.493 e. The predicted octanol–water partition coefficient (Wildman–Crippen LogP) is 2.58. The minimum absolute atomic E-state index is 0.586. The summed E-state index contributed by atoms with van der Waals surface area (Å²) in [7, 11) is 1.92. The van der Waals surface area contributed by atoms with Crippen LogP contribution in [0.5, 0.6) is 5.75 Å². The highest BCUT2D eigenvalue weighted by molar-refractivity contribution is 5.71. The van der Waals surface area contributed by atoms with E-state index in [-0.39, 0.29) is 0 Å². The third-order valence-electron chi connectivity index (χ3n) is 4.24. The lowest BCUT2D eigenvalue weighted by atomic mass is 10.0. The number of nitrogens with two attached hydrogens (primary N) is 1. The van der Waals surface area contributed by atoms with Crippen molar-refractivity contribution >= 4 is 5.69 Å². The van der Waals surface area contributed by atoms with Crippen LogP contribution in [0.2, 0.25) is 0 Å². The first kappa shape index (κ1) is 14.9. The van der Waals surface area contributed by atoms with Gasteiger partial charge in [0, 0.05) is 30.5 Å². The van der Waals surface area contributed by atoms with Crippen LogP contribution < -0.4 is 15.8 Å². The summed E-state index contributed by atoms with van der Waals surface area (Å²) in [6.45, 7) is 1.85. The van der Waals surface area contributed by atoms with Gasteiger partial charge in [0.15, 0.2) is 0 Å².